The number of hydrogen-bond acceptors (Lipinski definition) is 3. The quantitative estimate of drug-likeness (QED) is 0.801. The molecule has 0 spiro atoms. The molecule has 1 N–H and O–H groups in total. The normalized spacial score (nSPS) is 11.0. The number of carbonyl (C=O) groups is 1. The van der Waals surface area contributed by atoms with Crippen molar-refractivity contribution in [1.82, 2.24) is 14.5 Å². The molecule has 0 saturated heterocycles. The zero-order chi connectivity index (χ0) is 15.0. The van der Waals surface area contributed by atoms with E-state index < -0.39 is 5.97 Å². The summed E-state index contributed by atoms with van der Waals surface area (Å²) in [5.41, 5.74) is 3.76. The van der Waals surface area contributed by atoms with Gasteiger partial charge < -0.3 is 9.67 Å². The molecule has 2 heterocycles. The van der Waals surface area contributed by atoms with E-state index in [1.54, 1.807) is 18.2 Å². The van der Waals surface area contributed by atoms with Crippen LogP contribution in [0.2, 0.25) is 0 Å². The number of imidazole rings is 1. The van der Waals surface area contributed by atoms with Crippen molar-refractivity contribution in [3.8, 4) is 0 Å². The van der Waals surface area contributed by atoms with Crippen LogP contribution >= 0.6 is 0 Å². The number of pyridine rings is 1. The molecule has 0 radical (unpaired) electrons. The number of nitrogens with zero attached hydrogens (tertiary/aromatic N) is 3. The van der Waals surface area contributed by atoms with Crippen molar-refractivity contribution in [1.29, 1.82) is 0 Å². The Labute approximate surface area is 121 Å². The van der Waals surface area contributed by atoms with Gasteiger partial charge in [-0.3, -0.25) is 4.98 Å². The van der Waals surface area contributed by atoms with Gasteiger partial charge in [0.05, 0.1) is 28.8 Å². The summed E-state index contributed by atoms with van der Waals surface area (Å²) in [7, 11) is 0. The second kappa shape index (κ2) is 5.01. The van der Waals surface area contributed by atoms with Crippen molar-refractivity contribution in [2.45, 2.75) is 20.4 Å². The third-order valence-electron chi connectivity index (χ3n) is 3.45. The number of rotatable bonds is 3. The van der Waals surface area contributed by atoms with Crippen LogP contribution in [-0.2, 0) is 6.54 Å². The van der Waals surface area contributed by atoms with Crippen LogP contribution in [0.15, 0.2) is 36.4 Å². The molecule has 0 amide bonds. The topological polar surface area (TPSA) is 68.0 Å². The van der Waals surface area contributed by atoms with Gasteiger partial charge in [0, 0.05) is 5.69 Å². The van der Waals surface area contributed by atoms with E-state index in [0.29, 0.717) is 6.54 Å². The molecule has 0 unspecified atom stereocenters. The van der Waals surface area contributed by atoms with Gasteiger partial charge >= 0.3 is 5.97 Å². The molecule has 1 aromatic carbocycles. The predicted molar refractivity (Wildman–Crippen MR) is 79.5 cm³/mol. The van der Waals surface area contributed by atoms with E-state index in [-0.39, 0.29) is 5.56 Å². The fraction of sp³-hybridized carbons (Fsp3) is 0.188. The summed E-state index contributed by atoms with van der Waals surface area (Å²) >= 11 is 0. The number of fused-ring (bicyclic) bond motifs is 1. The van der Waals surface area contributed by atoms with E-state index in [9.17, 15) is 4.79 Å². The molecule has 5 heteroatoms. The first kappa shape index (κ1) is 13.3. The fourth-order valence-corrected chi connectivity index (χ4v) is 2.43. The van der Waals surface area contributed by atoms with Crippen LogP contribution in [0.25, 0.3) is 11.0 Å². The molecule has 0 aliphatic carbocycles. The summed E-state index contributed by atoms with van der Waals surface area (Å²) in [5.74, 6) is -0.0909. The zero-order valence-electron chi connectivity index (χ0n) is 11.9. The number of aryl methyl sites for hydroxylation is 2. The van der Waals surface area contributed by atoms with Gasteiger partial charge in [-0.15, -0.1) is 0 Å². The van der Waals surface area contributed by atoms with Crippen LogP contribution in [0.5, 0.6) is 0 Å². The van der Waals surface area contributed by atoms with Gasteiger partial charge in [0.25, 0.3) is 0 Å². The Morgan fingerprint density at radius 2 is 2.00 bits per heavy atom. The van der Waals surface area contributed by atoms with Crippen LogP contribution in [0.3, 0.4) is 0 Å². The molecule has 2 aromatic heterocycles. The fourth-order valence-electron chi connectivity index (χ4n) is 2.43. The second-order valence-corrected chi connectivity index (χ2v) is 5.02. The first-order valence-electron chi connectivity index (χ1n) is 6.67. The van der Waals surface area contributed by atoms with Gasteiger partial charge in [0.1, 0.15) is 5.82 Å². The highest BCUT2D eigenvalue weighted by Crippen LogP contribution is 2.19. The lowest BCUT2D eigenvalue weighted by atomic mass is 10.2. The van der Waals surface area contributed by atoms with Crippen LogP contribution in [0.1, 0.15) is 27.6 Å². The smallest absolute Gasteiger partial charge is 0.335 e. The lowest BCUT2D eigenvalue weighted by Gasteiger charge is -2.07. The Bertz CT molecular complexity index is 837. The minimum Gasteiger partial charge on any atom is -0.478 e. The standard InChI is InChI=1S/C16H15N3O2/c1-10-4-3-5-13(17-10)9-19-11(2)18-14-7-6-12(16(20)21)8-15(14)19/h3-8H,9H2,1-2H3,(H,20,21). The lowest BCUT2D eigenvalue weighted by molar-refractivity contribution is 0.0697. The summed E-state index contributed by atoms with van der Waals surface area (Å²) < 4.78 is 1.99. The zero-order valence-corrected chi connectivity index (χ0v) is 11.9. The van der Waals surface area contributed by atoms with E-state index in [4.69, 9.17) is 5.11 Å². The summed E-state index contributed by atoms with van der Waals surface area (Å²) in [6.07, 6.45) is 0. The first-order chi connectivity index (χ1) is 10.0. The summed E-state index contributed by atoms with van der Waals surface area (Å²) in [6.45, 7) is 4.44. The number of aromatic nitrogens is 3. The van der Waals surface area contributed by atoms with Crippen LogP contribution in [-0.4, -0.2) is 25.6 Å². The average Bonchev–Trinajstić information content (AvgIpc) is 2.74. The molecule has 0 fully saturated rings. The molecule has 5 nitrogen and oxygen atoms in total. The largest absolute Gasteiger partial charge is 0.478 e. The van der Waals surface area contributed by atoms with Crippen LogP contribution < -0.4 is 0 Å². The second-order valence-electron chi connectivity index (χ2n) is 5.02. The Hall–Kier alpha value is -2.69. The molecule has 3 rings (SSSR count). The molecule has 0 atom stereocenters. The van der Waals surface area contributed by atoms with Gasteiger partial charge in [-0.2, -0.15) is 0 Å². The van der Waals surface area contributed by atoms with Crippen molar-refractivity contribution >= 4 is 17.0 Å². The molecule has 0 aliphatic rings. The van der Waals surface area contributed by atoms with Gasteiger partial charge in [0.2, 0.25) is 0 Å². The van der Waals surface area contributed by atoms with E-state index in [1.807, 2.05) is 36.6 Å². The monoisotopic (exact) mass is 281 g/mol. The van der Waals surface area contributed by atoms with Crippen LogP contribution in [0.4, 0.5) is 0 Å². The molecule has 0 aliphatic heterocycles. The molecule has 21 heavy (non-hydrogen) atoms. The number of aromatic carboxylic acids is 1. The Kier molecular flexibility index (Phi) is 3.17. The lowest BCUT2D eigenvalue weighted by Crippen LogP contribution is -2.05. The Morgan fingerprint density at radius 1 is 1.19 bits per heavy atom. The molecule has 0 saturated carbocycles. The van der Waals surface area contributed by atoms with Crippen LogP contribution in [0, 0.1) is 13.8 Å². The van der Waals surface area contributed by atoms with Gasteiger partial charge in [-0.05, 0) is 44.2 Å². The average molecular weight is 281 g/mol. The van der Waals surface area contributed by atoms with Crippen molar-refractivity contribution in [2.24, 2.45) is 0 Å². The van der Waals surface area contributed by atoms with Crippen molar-refractivity contribution in [3.05, 3.63) is 59.2 Å². The molecule has 106 valence electrons. The van der Waals surface area contributed by atoms with Crippen molar-refractivity contribution in [3.63, 3.8) is 0 Å². The van der Waals surface area contributed by atoms with Gasteiger partial charge in [0.15, 0.2) is 0 Å². The van der Waals surface area contributed by atoms with Crippen molar-refractivity contribution in [2.75, 3.05) is 0 Å². The first-order valence-corrected chi connectivity index (χ1v) is 6.67. The van der Waals surface area contributed by atoms with Crippen molar-refractivity contribution < 1.29 is 9.90 Å². The third-order valence-corrected chi connectivity index (χ3v) is 3.45. The van der Waals surface area contributed by atoms with Gasteiger partial charge in [-0.25, -0.2) is 9.78 Å². The maximum Gasteiger partial charge on any atom is 0.335 e. The maximum absolute atomic E-state index is 11.1. The summed E-state index contributed by atoms with van der Waals surface area (Å²) in [4.78, 5) is 20.1. The molecular weight excluding hydrogens is 266 g/mol. The number of carboxylic acid groups (broad SMARTS) is 1. The third kappa shape index (κ3) is 2.50. The summed E-state index contributed by atoms with van der Waals surface area (Å²) in [6, 6.07) is 10.9. The minimum atomic E-state index is -0.934. The Morgan fingerprint density at radius 3 is 2.71 bits per heavy atom. The number of carboxylic acids is 1. The van der Waals surface area contributed by atoms with E-state index in [1.165, 1.54) is 0 Å². The summed E-state index contributed by atoms with van der Waals surface area (Å²) in [5, 5.41) is 9.13. The predicted octanol–water partition coefficient (Wildman–Crippen LogP) is 2.79. The maximum atomic E-state index is 11.1. The SMILES string of the molecule is Cc1cccc(Cn2c(C)nc3ccc(C(=O)O)cc32)n1. The van der Waals surface area contributed by atoms with E-state index in [0.717, 1.165) is 28.2 Å². The molecular formula is C16H15N3O2. The highest BCUT2D eigenvalue weighted by molar-refractivity contribution is 5.92. The number of benzene rings is 1. The Balaban J connectivity index is 2.10. The highest BCUT2D eigenvalue weighted by atomic mass is 16.4. The van der Waals surface area contributed by atoms with E-state index >= 15 is 0 Å². The molecule has 0 bridgehead atoms. The van der Waals surface area contributed by atoms with Gasteiger partial charge in [-0.1, -0.05) is 6.07 Å². The molecule has 3 aromatic rings. The number of hydrogen-bond donors (Lipinski definition) is 1. The minimum absolute atomic E-state index is 0.265. The highest BCUT2D eigenvalue weighted by Gasteiger charge is 2.11. The van der Waals surface area contributed by atoms with E-state index in [2.05, 4.69) is 9.97 Å².